The molecule has 17 heavy (non-hydrogen) atoms. The highest BCUT2D eigenvalue weighted by Gasteiger charge is 2.30. The minimum atomic E-state index is 0.356. The van der Waals surface area contributed by atoms with Gasteiger partial charge in [0, 0.05) is 25.2 Å². The summed E-state index contributed by atoms with van der Waals surface area (Å²) >= 11 is 0. The normalized spacial score (nSPS) is 29.8. The molecule has 0 spiro atoms. The van der Waals surface area contributed by atoms with E-state index >= 15 is 0 Å². The fourth-order valence-electron chi connectivity index (χ4n) is 2.95. The lowest BCUT2D eigenvalue weighted by atomic mass is 9.80. The Morgan fingerprint density at radius 1 is 1.29 bits per heavy atom. The zero-order chi connectivity index (χ0) is 12.7. The van der Waals surface area contributed by atoms with Crippen molar-refractivity contribution in [2.24, 2.45) is 11.7 Å². The summed E-state index contributed by atoms with van der Waals surface area (Å²) in [5, 5.41) is 0. The van der Waals surface area contributed by atoms with Crippen LogP contribution < -0.4 is 5.73 Å². The second-order valence-electron chi connectivity index (χ2n) is 5.38. The molecule has 102 valence electrons. The monoisotopic (exact) mass is 242 g/mol. The Bertz CT molecular complexity index is 199. The topological polar surface area (TPSA) is 38.5 Å². The average Bonchev–Trinajstić information content (AvgIpc) is 2.32. The summed E-state index contributed by atoms with van der Waals surface area (Å²) < 4.78 is 5.42. The molecule has 0 saturated heterocycles. The minimum absolute atomic E-state index is 0.356. The summed E-state index contributed by atoms with van der Waals surface area (Å²) in [5.41, 5.74) is 6.26. The van der Waals surface area contributed by atoms with Gasteiger partial charge in [0.25, 0.3) is 0 Å². The number of nitrogens with two attached hydrogens (primary N) is 1. The lowest BCUT2D eigenvalue weighted by Crippen LogP contribution is -2.50. The number of ether oxygens (including phenoxy) is 1. The van der Waals surface area contributed by atoms with Crippen LogP contribution in [0, 0.1) is 5.92 Å². The van der Waals surface area contributed by atoms with E-state index in [4.69, 9.17) is 10.5 Å². The zero-order valence-electron chi connectivity index (χ0n) is 11.8. The van der Waals surface area contributed by atoms with Crippen LogP contribution in [0.15, 0.2) is 0 Å². The van der Waals surface area contributed by atoms with E-state index in [1.807, 2.05) is 6.92 Å². The van der Waals surface area contributed by atoms with Crippen molar-refractivity contribution in [2.75, 3.05) is 26.8 Å². The van der Waals surface area contributed by atoms with Gasteiger partial charge >= 0.3 is 0 Å². The van der Waals surface area contributed by atoms with E-state index in [1.165, 1.54) is 32.1 Å². The average molecular weight is 242 g/mol. The minimum Gasteiger partial charge on any atom is -0.380 e. The maximum Gasteiger partial charge on any atom is 0.0593 e. The fourth-order valence-corrected chi connectivity index (χ4v) is 2.95. The molecule has 3 heteroatoms. The summed E-state index contributed by atoms with van der Waals surface area (Å²) in [4.78, 5) is 2.40. The van der Waals surface area contributed by atoms with Gasteiger partial charge in [0.05, 0.1) is 6.61 Å². The first-order chi connectivity index (χ1) is 8.19. The smallest absolute Gasteiger partial charge is 0.0593 e. The molecule has 0 radical (unpaired) electrons. The summed E-state index contributed by atoms with van der Waals surface area (Å²) in [6.45, 7) is 6.97. The Balaban J connectivity index is 2.36. The van der Waals surface area contributed by atoms with Gasteiger partial charge in [-0.1, -0.05) is 19.8 Å². The van der Waals surface area contributed by atoms with Gasteiger partial charge in [-0.05, 0) is 39.2 Å². The molecule has 3 nitrogen and oxygen atoms in total. The molecule has 0 aromatic carbocycles. The maximum absolute atomic E-state index is 6.26. The van der Waals surface area contributed by atoms with Gasteiger partial charge in [-0.25, -0.2) is 0 Å². The summed E-state index contributed by atoms with van der Waals surface area (Å²) in [7, 11) is 2.19. The second-order valence-corrected chi connectivity index (χ2v) is 5.38. The first-order valence-electron chi connectivity index (χ1n) is 7.22. The molecule has 1 rings (SSSR count). The number of likely N-dealkylation sites (N-methyl/N-ethyl adjacent to an activating group) is 1. The van der Waals surface area contributed by atoms with Gasteiger partial charge in [0.2, 0.25) is 0 Å². The van der Waals surface area contributed by atoms with Crippen LogP contribution in [0.25, 0.3) is 0 Å². The molecule has 1 aliphatic rings. The van der Waals surface area contributed by atoms with Crippen molar-refractivity contribution in [3.05, 3.63) is 0 Å². The Kier molecular flexibility index (Phi) is 7.09. The van der Waals surface area contributed by atoms with E-state index in [1.54, 1.807) is 0 Å². The van der Waals surface area contributed by atoms with Crippen LogP contribution in [-0.2, 0) is 4.74 Å². The van der Waals surface area contributed by atoms with Crippen LogP contribution in [0.1, 0.15) is 46.0 Å². The Morgan fingerprint density at radius 2 is 2.06 bits per heavy atom. The number of hydrogen-bond donors (Lipinski definition) is 1. The molecule has 2 N–H and O–H groups in total. The van der Waals surface area contributed by atoms with Crippen LogP contribution in [0.3, 0.4) is 0 Å². The molecule has 0 amide bonds. The summed E-state index contributed by atoms with van der Waals surface area (Å²) in [6, 6.07) is 0.912. The molecule has 0 heterocycles. The second kappa shape index (κ2) is 8.06. The lowest BCUT2D eigenvalue weighted by molar-refractivity contribution is 0.0795. The Labute approximate surface area is 107 Å². The van der Waals surface area contributed by atoms with Crippen LogP contribution >= 0.6 is 0 Å². The maximum atomic E-state index is 6.26. The van der Waals surface area contributed by atoms with E-state index < -0.39 is 0 Å². The summed E-state index contributed by atoms with van der Waals surface area (Å²) in [5.74, 6) is 0.888. The van der Waals surface area contributed by atoms with Gasteiger partial charge in [-0.3, -0.25) is 4.90 Å². The molecular weight excluding hydrogens is 212 g/mol. The molecule has 1 saturated carbocycles. The number of nitrogens with zero attached hydrogens (tertiary/aromatic N) is 1. The number of hydrogen-bond acceptors (Lipinski definition) is 3. The third-order valence-electron chi connectivity index (χ3n) is 4.03. The predicted octanol–water partition coefficient (Wildman–Crippen LogP) is 2.25. The van der Waals surface area contributed by atoms with Crippen LogP contribution in [0.2, 0.25) is 0 Å². The van der Waals surface area contributed by atoms with Gasteiger partial charge in [0.15, 0.2) is 0 Å². The van der Waals surface area contributed by atoms with Gasteiger partial charge in [-0.2, -0.15) is 0 Å². The van der Waals surface area contributed by atoms with Crippen LogP contribution in [0.4, 0.5) is 0 Å². The van der Waals surface area contributed by atoms with Crippen LogP contribution in [-0.4, -0.2) is 43.8 Å². The highest BCUT2D eigenvalue weighted by molar-refractivity contribution is 4.88. The molecule has 3 atom stereocenters. The molecule has 1 fully saturated rings. The van der Waals surface area contributed by atoms with Gasteiger partial charge in [0.1, 0.15) is 0 Å². The molecule has 0 aliphatic heterocycles. The van der Waals surface area contributed by atoms with E-state index in [-0.39, 0.29) is 0 Å². The molecular formula is C14H30N2O. The van der Waals surface area contributed by atoms with E-state index in [0.29, 0.717) is 12.1 Å². The first kappa shape index (κ1) is 14.9. The zero-order valence-corrected chi connectivity index (χ0v) is 11.8. The number of rotatable bonds is 7. The van der Waals surface area contributed by atoms with Gasteiger partial charge < -0.3 is 10.5 Å². The van der Waals surface area contributed by atoms with Crippen LogP contribution in [0.5, 0.6) is 0 Å². The molecule has 0 bridgehead atoms. The molecule has 0 aromatic rings. The SMILES string of the molecule is CCCC1CCC(N)C(N(C)CCOCC)C1. The third kappa shape index (κ3) is 4.94. The fraction of sp³-hybridized carbons (Fsp3) is 1.00. The molecule has 1 aliphatic carbocycles. The standard InChI is InChI=1S/C14H30N2O/c1-4-6-12-7-8-13(15)14(11-12)16(3)9-10-17-5-2/h12-14H,4-11,15H2,1-3H3. The molecule has 3 unspecified atom stereocenters. The lowest BCUT2D eigenvalue weighted by Gasteiger charge is -2.39. The van der Waals surface area contributed by atoms with Gasteiger partial charge in [-0.15, -0.1) is 0 Å². The third-order valence-corrected chi connectivity index (χ3v) is 4.03. The van der Waals surface area contributed by atoms with Crippen molar-refractivity contribution in [3.63, 3.8) is 0 Å². The quantitative estimate of drug-likeness (QED) is 0.696. The van der Waals surface area contributed by atoms with E-state index in [2.05, 4.69) is 18.9 Å². The largest absolute Gasteiger partial charge is 0.380 e. The highest BCUT2D eigenvalue weighted by atomic mass is 16.5. The van der Waals surface area contributed by atoms with E-state index in [0.717, 1.165) is 25.7 Å². The van der Waals surface area contributed by atoms with Crippen molar-refractivity contribution in [2.45, 2.75) is 58.0 Å². The molecule has 0 aromatic heterocycles. The van der Waals surface area contributed by atoms with Crippen molar-refractivity contribution >= 4 is 0 Å². The predicted molar refractivity (Wildman–Crippen MR) is 73.1 cm³/mol. The summed E-state index contributed by atoms with van der Waals surface area (Å²) in [6.07, 6.45) is 6.45. The highest BCUT2D eigenvalue weighted by Crippen LogP contribution is 2.29. The van der Waals surface area contributed by atoms with E-state index in [9.17, 15) is 0 Å². The Morgan fingerprint density at radius 3 is 2.71 bits per heavy atom. The Hall–Kier alpha value is -0.120. The van der Waals surface area contributed by atoms with Crippen molar-refractivity contribution in [3.8, 4) is 0 Å². The first-order valence-corrected chi connectivity index (χ1v) is 7.22. The van der Waals surface area contributed by atoms with Crippen molar-refractivity contribution in [1.29, 1.82) is 0 Å². The van der Waals surface area contributed by atoms with Crippen molar-refractivity contribution in [1.82, 2.24) is 4.90 Å². The van der Waals surface area contributed by atoms with Crippen molar-refractivity contribution < 1.29 is 4.74 Å².